The number of nitrogens with zero attached hydrogens (tertiary/aromatic N) is 2. The van der Waals surface area contributed by atoms with Gasteiger partial charge in [-0.1, -0.05) is 0 Å². The molecule has 0 saturated carbocycles. The molecule has 3 amide bonds. The molecule has 2 rings (SSSR count). The fraction of sp³-hybridized carbons (Fsp3) is 0.857. The van der Waals surface area contributed by atoms with Crippen LogP contribution in [0.3, 0.4) is 0 Å². The van der Waals surface area contributed by atoms with Crippen LogP contribution in [-0.2, 0) is 9.53 Å². The van der Waals surface area contributed by atoms with Crippen LogP contribution >= 0.6 is 0 Å². The molecule has 2 unspecified atom stereocenters. The van der Waals surface area contributed by atoms with Gasteiger partial charge in [0.2, 0.25) is 5.91 Å². The molecule has 2 aliphatic heterocycles. The van der Waals surface area contributed by atoms with Gasteiger partial charge in [0.1, 0.15) is 6.04 Å². The van der Waals surface area contributed by atoms with Crippen molar-refractivity contribution in [2.24, 2.45) is 0 Å². The molecule has 6 nitrogen and oxygen atoms in total. The van der Waals surface area contributed by atoms with Crippen molar-refractivity contribution in [3.05, 3.63) is 0 Å². The van der Waals surface area contributed by atoms with Gasteiger partial charge in [-0.2, -0.15) is 0 Å². The number of likely N-dealkylation sites (tertiary alicyclic amines) is 1. The van der Waals surface area contributed by atoms with E-state index >= 15 is 0 Å². The second-order valence-corrected chi connectivity index (χ2v) is 5.70. The van der Waals surface area contributed by atoms with Gasteiger partial charge >= 0.3 is 6.03 Å². The number of hydrogen-bond donors (Lipinski definition) is 1. The maximum absolute atomic E-state index is 12.2. The summed E-state index contributed by atoms with van der Waals surface area (Å²) in [4.78, 5) is 27.6. The summed E-state index contributed by atoms with van der Waals surface area (Å²) in [6.45, 7) is 2.09. The Morgan fingerprint density at radius 2 is 2.20 bits per heavy atom. The van der Waals surface area contributed by atoms with Crippen molar-refractivity contribution in [1.82, 2.24) is 15.1 Å². The van der Waals surface area contributed by atoms with E-state index in [9.17, 15) is 9.59 Å². The van der Waals surface area contributed by atoms with Crippen LogP contribution < -0.4 is 5.32 Å². The lowest BCUT2D eigenvalue weighted by Crippen LogP contribution is -2.51. The zero-order chi connectivity index (χ0) is 14.5. The van der Waals surface area contributed by atoms with Crippen molar-refractivity contribution in [3.63, 3.8) is 0 Å². The van der Waals surface area contributed by atoms with Gasteiger partial charge in [0.05, 0.1) is 6.10 Å². The minimum absolute atomic E-state index is 0.0391. The standard InChI is InChI=1S/C14H25N3O3/c1-16-8-4-3-7-12(13(16)18)17(2)14(19)15-10-11-6-5-9-20-11/h11-12H,3-10H2,1-2H3,(H,15,19). The van der Waals surface area contributed by atoms with E-state index in [0.29, 0.717) is 6.54 Å². The molecule has 6 heteroatoms. The number of carbonyl (C=O) groups is 2. The molecule has 2 fully saturated rings. The Kier molecular flexibility index (Phi) is 5.23. The lowest BCUT2D eigenvalue weighted by Gasteiger charge is -2.29. The zero-order valence-electron chi connectivity index (χ0n) is 12.4. The summed E-state index contributed by atoms with van der Waals surface area (Å²) in [6, 6.07) is -0.527. The van der Waals surface area contributed by atoms with E-state index in [-0.39, 0.29) is 24.1 Å². The first-order valence-electron chi connectivity index (χ1n) is 7.47. The summed E-state index contributed by atoms with van der Waals surface area (Å²) >= 11 is 0. The molecule has 0 aliphatic carbocycles. The molecule has 0 aromatic rings. The van der Waals surface area contributed by atoms with E-state index in [2.05, 4.69) is 5.32 Å². The largest absolute Gasteiger partial charge is 0.376 e. The second kappa shape index (κ2) is 6.92. The van der Waals surface area contributed by atoms with E-state index in [1.54, 1.807) is 23.9 Å². The van der Waals surface area contributed by atoms with Gasteiger partial charge in [0, 0.05) is 33.8 Å². The maximum Gasteiger partial charge on any atom is 0.317 e. The van der Waals surface area contributed by atoms with Gasteiger partial charge in [0.15, 0.2) is 0 Å². The summed E-state index contributed by atoms with van der Waals surface area (Å²) in [5, 5.41) is 2.87. The Hall–Kier alpha value is -1.30. The molecular weight excluding hydrogens is 258 g/mol. The molecular formula is C14H25N3O3. The van der Waals surface area contributed by atoms with Crippen molar-refractivity contribution >= 4 is 11.9 Å². The van der Waals surface area contributed by atoms with E-state index in [0.717, 1.165) is 45.3 Å². The van der Waals surface area contributed by atoms with Crippen molar-refractivity contribution in [2.75, 3.05) is 33.8 Å². The van der Waals surface area contributed by atoms with Crippen molar-refractivity contribution in [3.8, 4) is 0 Å². The molecule has 20 heavy (non-hydrogen) atoms. The van der Waals surface area contributed by atoms with Crippen LogP contribution in [0.2, 0.25) is 0 Å². The SMILES string of the molecule is CN1CCCCC(N(C)C(=O)NCC2CCCO2)C1=O. The molecule has 0 bridgehead atoms. The summed E-state index contributed by atoms with van der Waals surface area (Å²) in [5.41, 5.74) is 0. The maximum atomic E-state index is 12.2. The Morgan fingerprint density at radius 1 is 1.40 bits per heavy atom. The van der Waals surface area contributed by atoms with Crippen molar-refractivity contribution in [1.29, 1.82) is 0 Å². The first-order valence-corrected chi connectivity index (χ1v) is 7.47. The Morgan fingerprint density at radius 3 is 2.90 bits per heavy atom. The topological polar surface area (TPSA) is 61.9 Å². The fourth-order valence-corrected chi connectivity index (χ4v) is 2.81. The molecule has 0 radical (unpaired) electrons. The minimum atomic E-state index is -0.341. The third kappa shape index (κ3) is 3.62. The molecule has 114 valence electrons. The Bertz CT molecular complexity index is 356. The monoisotopic (exact) mass is 283 g/mol. The van der Waals surface area contributed by atoms with Crippen LogP contribution in [0.4, 0.5) is 4.79 Å². The highest BCUT2D eigenvalue weighted by molar-refractivity contribution is 5.87. The summed E-state index contributed by atoms with van der Waals surface area (Å²) < 4.78 is 5.48. The number of nitrogens with one attached hydrogen (secondary N) is 1. The molecule has 2 atom stereocenters. The van der Waals surface area contributed by atoms with Crippen molar-refractivity contribution < 1.29 is 14.3 Å². The molecule has 2 saturated heterocycles. The second-order valence-electron chi connectivity index (χ2n) is 5.70. The molecule has 0 aromatic heterocycles. The minimum Gasteiger partial charge on any atom is -0.376 e. The number of rotatable bonds is 3. The van der Waals surface area contributed by atoms with E-state index < -0.39 is 0 Å². The summed E-state index contributed by atoms with van der Waals surface area (Å²) in [5.74, 6) is 0.0391. The zero-order valence-corrected chi connectivity index (χ0v) is 12.4. The number of ether oxygens (including phenoxy) is 1. The smallest absolute Gasteiger partial charge is 0.317 e. The third-order valence-electron chi connectivity index (χ3n) is 4.18. The van der Waals surface area contributed by atoms with Gasteiger partial charge in [-0.15, -0.1) is 0 Å². The van der Waals surface area contributed by atoms with Gasteiger partial charge in [0.25, 0.3) is 0 Å². The summed E-state index contributed by atoms with van der Waals surface area (Å²) in [7, 11) is 3.51. The first kappa shape index (κ1) is 15.1. The first-order chi connectivity index (χ1) is 9.59. The molecule has 0 spiro atoms. The van der Waals surface area contributed by atoms with E-state index in [4.69, 9.17) is 4.74 Å². The number of hydrogen-bond acceptors (Lipinski definition) is 3. The van der Waals surface area contributed by atoms with Gasteiger partial charge in [-0.25, -0.2) is 4.79 Å². The fourth-order valence-electron chi connectivity index (χ4n) is 2.81. The van der Waals surface area contributed by atoms with Crippen LogP contribution in [0.5, 0.6) is 0 Å². The number of likely N-dealkylation sites (N-methyl/N-ethyl adjacent to an activating group) is 2. The Balaban J connectivity index is 1.85. The quantitative estimate of drug-likeness (QED) is 0.834. The summed E-state index contributed by atoms with van der Waals surface area (Å²) in [6.07, 6.45) is 4.90. The molecule has 2 aliphatic rings. The molecule has 2 heterocycles. The number of carbonyl (C=O) groups excluding carboxylic acids is 2. The lowest BCUT2D eigenvalue weighted by molar-refractivity contribution is -0.133. The average molecular weight is 283 g/mol. The van der Waals surface area contributed by atoms with Gasteiger partial charge in [-0.3, -0.25) is 4.79 Å². The van der Waals surface area contributed by atoms with Crippen LogP contribution in [-0.4, -0.2) is 67.7 Å². The Labute approximate surface area is 120 Å². The predicted molar refractivity (Wildman–Crippen MR) is 75.4 cm³/mol. The molecule has 0 aromatic carbocycles. The van der Waals surface area contributed by atoms with Crippen LogP contribution in [0.1, 0.15) is 32.1 Å². The highest BCUT2D eigenvalue weighted by atomic mass is 16.5. The highest BCUT2D eigenvalue weighted by Crippen LogP contribution is 2.16. The average Bonchev–Trinajstić information content (AvgIpc) is 2.90. The van der Waals surface area contributed by atoms with Crippen molar-refractivity contribution in [2.45, 2.75) is 44.2 Å². The number of amides is 3. The predicted octanol–water partition coefficient (Wildman–Crippen LogP) is 0.818. The molecule has 1 N–H and O–H groups in total. The highest BCUT2D eigenvalue weighted by Gasteiger charge is 2.31. The normalized spacial score (nSPS) is 27.3. The van der Waals surface area contributed by atoms with Crippen LogP contribution in [0.15, 0.2) is 0 Å². The lowest BCUT2D eigenvalue weighted by atomic mass is 10.1. The van der Waals surface area contributed by atoms with Gasteiger partial charge in [-0.05, 0) is 32.1 Å². The van der Waals surface area contributed by atoms with E-state index in [1.807, 2.05) is 0 Å². The number of urea groups is 1. The van der Waals surface area contributed by atoms with Gasteiger partial charge < -0.3 is 19.9 Å². The van der Waals surface area contributed by atoms with Crippen LogP contribution in [0.25, 0.3) is 0 Å². The third-order valence-corrected chi connectivity index (χ3v) is 4.18. The van der Waals surface area contributed by atoms with Crippen LogP contribution in [0, 0.1) is 0 Å². The van der Waals surface area contributed by atoms with E-state index in [1.165, 1.54) is 0 Å².